The number of carbonyl (C=O) groups excluding carboxylic acids is 1. The first-order valence-electron chi connectivity index (χ1n) is 3.56. The predicted molar refractivity (Wildman–Crippen MR) is 51.1 cm³/mol. The maximum absolute atomic E-state index is 11.6. The summed E-state index contributed by atoms with van der Waals surface area (Å²) in [6.07, 6.45) is 0. The van der Waals surface area contributed by atoms with Crippen molar-refractivity contribution in [3.63, 3.8) is 0 Å². The smallest absolute Gasteiger partial charge is 0.205 e. The van der Waals surface area contributed by atoms with E-state index in [0.717, 1.165) is 21.6 Å². The summed E-state index contributed by atoms with van der Waals surface area (Å²) in [6.45, 7) is 0. The number of thiophene rings is 2. The molecule has 0 saturated heterocycles. The molecule has 0 fully saturated rings. The van der Waals surface area contributed by atoms with Gasteiger partial charge in [-0.2, -0.15) is 11.3 Å². The Balaban J connectivity index is 2.47. The van der Waals surface area contributed by atoms with Crippen molar-refractivity contribution < 1.29 is 4.79 Å². The summed E-state index contributed by atoms with van der Waals surface area (Å²) < 4.78 is 0. The summed E-state index contributed by atoms with van der Waals surface area (Å²) in [4.78, 5) is 12.5. The van der Waals surface area contributed by atoms with E-state index in [1.54, 1.807) is 11.3 Å². The minimum absolute atomic E-state index is 0.205. The molecule has 0 radical (unpaired) electrons. The van der Waals surface area contributed by atoms with Crippen LogP contribution in [-0.2, 0) is 0 Å². The normalized spacial score (nSPS) is 13.2. The second-order valence-corrected chi connectivity index (χ2v) is 4.35. The van der Waals surface area contributed by atoms with Gasteiger partial charge in [0.15, 0.2) is 0 Å². The van der Waals surface area contributed by atoms with Gasteiger partial charge in [-0.3, -0.25) is 4.79 Å². The molecule has 58 valence electrons. The lowest BCUT2D eigenvalue weighted by Crippen LogP contribution is -1.89. The van der Waals surface area contributed by atoms with Crippen LogP contribution in [0.4, 0.5) is 0 Å². The molecule has 0 saturated carbocycles. The lowest BCUT2D eigenvalue weighted by molar-refractivity contribution is 0.104. The van der Waals surface area contributed by atoms with Crippen molar-refractivity contribution >= 4 is 28.5 Å². The van der Waals surface area contributed by atoms with Gasteiger partial charge in [0.25, 0.3) is 0 Å². The molecule has 3 rings (SSSR count). The van der Waals surface area contributed by atoms with Gasteiger partial charge in [0.1, 0.15) is 0 Å². The lowest BCUT2D eigenvalue weighted by Gasteiger charge is -1.83. The second-order valence-electron chi connectivity index (χ2n) is 2.69. The molecule has 2 heterocycles. The van der Waals surface area contributed by atoms with Gasteiger partial charge in [0.05, 0.1) is 4.88 Å². The quantitative estimate of drug-likeness (QED) is 0.535. The molecule has 2 aromatic rings. The van der Waals surface area contributed by atoms with E-state index in [1.807, 2.05) is 22.2 Å². The number of rotatable bonds is 0. The number of hydrogen-bond acceptors (Lipinski definition) is 3. The van der Waals surface area contributed by atoms with E-state index in [9.17, 15) is 4.79 Å². The van der Waals surface area contributed by atoms with Crippen LogP contribution in [0.3, 0.4) is 0 Å². The van der Waals surface area contributed by atoms with E-state index < -0.39 is 0 Å². The monoisotopic (exact) mass is 192 g/mol. The minimum atomic E-state index is 0.205. The molecule has 0 bridgehead atoms. The molecule has 1 aliphatic carbocycles. The first-order chi connectivity index (χ1) is 5.88. The van der Waals surface area contributed by atoms with E-state index in [1.165, 1.54) is 11.3 Å². The van der Waals surface area contributed by atoms with Gasteiger partial charge in [-0.05, 0) is 16.8 Å². The van der Waals surface area contributed by atoms with Crippen LogP contribution in [0, 0.1) is 0 Å². The Labute approximate surface area is 77.3 Å². The molecule has 0 amide bonds. The van der Waals surface area contributed by atoms with Crippen LogP contribution in [0.15, 0.2) is 22.2 Å². The zero-order valence-electron chi connectivity index (χ0n) is 6.03. The van der Waals surface area contributed by atoms with Gasteiger partial charge in [0, 0.05) is 22.1 Å². The lowest BCUT2D eigenvalue weighted by atomic mass is 10.2. The summed E-state index contributed by atoms with van der Waals surface area (Å²) >= 11 is 3.13. The molecule has 0 unspecified atom stereocenters. The van der Waals surface area contributed by atoms with Crippen molar-refractivity contribution in [3.8, 4) is 11.1 Å². The van der Waals surface area contributed by atoms with E-state index in [-0.39, 0.29) is 5.78 Å². The van der Waals surface area contributed by atoms with Crippen molar-refractivity contribution in [1.82, 2.24) is 0 Å². The minimum Gasteiger partial charge on any atom is -0.288 e. The summed E-state index contributed by atoms with van der Waals surface area (Å²) in [5, 5.41) is 5.96. The van der Waals surface area contributed by atoms with E-state index in [0.29, 0.717) is 0 Å². The van der Waals surface area contributed by atoms with Gasteiger partial charge < -0.3 is 0 Å². The Morgan fingerprint density at radius 1 is 1.08 bits per heavy atom. The van der Waals surface area contributed by atoms with Crippen LogP contribution in [0.2, 0.25) is 0 Å². The number of carbonyl (C=O) groups is 1. The fourth-order valence-electron chi connectivity index (χ4n) is 1.50. The number of fused-ring (bicyclic) bond motifs is 3. The van der Waals surface area contributed by atoms with Crippen molar-refractivity contribution in [2.75, 3.05) is 0 Å². The summed E-state index contributed by atoms with van der Waals surface area (Å²) in [7, 11) is 0. The zero-order chi connectivity index (χ0) is 8.13. The first kappa shape index (κ1) is 6.57. The molecular weight excluding hydrogens is 188 g/mol. The maximum atomic E-state index is 11.6. The first-order valence-corrected chi connectivity index (χ1v) is 5.39. The van der Waals surface area contributed by atoms with Crippen molar-refractivity contribution in [2.45, 2.75) is 0 Å². The zero-order valence-corrected chi connectivity index (χ0v) is 7.67. The molecule has 0 atom stereocenters. The van der Waals surface area contributed by atoms with Crippen molar-refractivity contribution in [1.29, 1.82) is 0 Å². The van der Waals surface area contributed by atoms with Crippen molar-refractivity contribution in [3.05, 3.63) is 32.6 Å². The second kappa shape index (κ2) is 2.06. The highest BCUT2D eigenvalue weighted by molar-refractivity contribution is 7.14. The molecule has 0 aliphatic heterocycles. The van der Waals surface area contributed by atoms with E-state index >= 15 is 0 Å². The van der Waals surface area contributed by atoms with E-state index in [4.69, 9.17) is 0 Å². The summed E-state index contributed by atoms with van der Waals surface area (Å²) in [5.74, 6) is 0.205. The molecule has 0 spiro atoms. The van der Waals surface area contributed by atoms with E-state index in [2.05, 4.69) is 0 Å². The number of hydrogen-bond donors (Lipinski definition) is 0. The van der Waals surface area contributed by atoms with Crippen LogP contribution in [0.25, 0.3) is 11.1 Å². The maximum Gasteiger partial charge on any atom is 0.205 e. The third kappa shape index (κ3) is 0.612. The van der Waals surface area contributed by atoms with Gasteiger partial charge in [-0.15, -0.1) is 11.3 Å². The third-order valence-electron chi connectivity index (χ3n) is 2.07. The molecule has 1 nitrogen and oxygen atoms in total. The highest BCUT2D eigenvalue weighted by Gasteiger charge is 2.28. The summed E-state index contributed by atoms with van der Waals surface area (Å²) in [6, 6.07) is 2.02. The Morgan fingerprint density at radius 2 is 1.92 bits per heavy atom. The molecule has 12 heavy (non-hydrogen) atoms. The highest BCUT2D eigenvalue weighted by atomic mass is 32.1. The molecular formula is C9H4OS2. The van der Waals surface area contributed by atoms with Gasteiger partial charge >= 0.3 is 0 Å². The molecule has 1 aliphatic rings. The van der Waals surface area contributed by atoms with Crippen molar-refractivity contribution in [2.24, 2.45) is 0 Å². The molecule has 3 heteroatoms. The van der Waals surface area contributed by atoms with Crippen LogP contribution < -0.4 is 0 Å². The third-order valence-corrected chi connectivity index (χ3v) is 3.72. The van der Waals surface area contributed by atoms with Crippen LogP contribution >= 0.6 is 22.7 Å². The Bertz CT molecular complexity index is 422. The van der Waals surface area contributed by atoms with Crippen LogP contribution in [-0.4, -0.2) is 5.78 Å². The highest BCUT2D eigenvalue weighted by Crippen LogP contribution is 2.41. The van der Waals surface area contributed by atoms with Gasteiger partial charge in [0.2, 0.25) is 5.78 Å². The Morgan fingerprint density at radius 3 is 2.83 bits per heavy atom. The fraction of sp³-hybridized carbons (Fsp3) is 0. The molecule has 2 aromatic heterocycles. The van der Waals surface area contributed by atoms with Crippen LogP contribution in [0.5, 0.6) is 0 Å². The average Bonchev–Trinajstić information content (AvgIpc) is 2.72. The largest absolute Gasteiger partial charge is 0.288 e. The topological polar surface area (TPSA) is 17.1 Å². The van der Waals surface area contributed by atoms with Gasteiger partial charge in [-0.25, -0.2) is 0 Å². The Hall–Kier alpha value is -0.930. The van der Waals surface area contributed by atoms with Crippen LogP contribution in [0.1, 0.15) is 15.2 Å². The molecule has 0 N–H and O–H groups in total. The standard InChI is InChI=1S/C9H4OS2/c10-8-7-4-11-3-6(7)5-1-2-12-9(5)8/h1-4H. The van der Waals surface area contributed by atoms with Gasteiger partial charge in [-0.1, -0.05) is 0 Å². The average molecular weight is 192 g/mol. The fourth-order valence-corrected chi connectivity index (χ4v) is 3.19. The Kier molecular flexibility index (Phi) is 1.13. The summed E-state index contributed by atoms with van der Waals surface area (Å²) in [5.41, 5.74) is 3.14. The molecule has 0 aromatic carbocycles. The number of ketones is 1. The SMILES string of the molecule is O=C1c2cscc2-c2ccsc21. The predicted octanol–water partition coefficient (Wildman–Crippen LogP) is 3.02.